The average molecular weight is 258 g/mol. The number of hydrogen-bond donors (Lipinski definition) is 1. The lowest BCUT2D eigenvalue weighted by molar-refractivity contribution is -0.124. The van der Waals surface area contributed by atoms with E-state index in [2.05, 4.69) is 15.4 Å². The van der Waals surface area contributed by atoms with Crippen molar-refractivity contribution in [2.24, 2.45) is 0 Å². The molecule has 5 heteroatoms. The molecule has 100 valence electrons. The smallest absolute Gasteiger partial charge is 0.244 e. The van der Waals surface area contributed by atoms with Gasteiger partial charge in [0.15, 0.2) is 0 Å². The maximum atomic E-state index is 12.0. The summed E-state index contributed by atoms with van der Waals surface area (Å²) in [5.41, 5.74) is 3.04. The summed E-state index contributed by atoms with van der Waals surface area (Å²) in [5, 5.41) is 7.06. The Morgan fingerprint density at radius 2 is 2.26 bits per heavy atom. The summed E-state index contributed by atoms with van der Waals surface area (Å²) in [6, 6.07) is 3.55. The Morgan fingerprint density at radius 3 is 2.89 bits per heavy atom. The summed E-state index contributed by atoms with van der Waals surface area (Å²) >= 11 is 0. The molecule has 0 aromatic carbocycles. The largest absolute Gasteiger partial charge is 0.350 e. The Bertz CT molecular complexity index is 576. The van der Waals surface area contributed by atoms with Gasteiger partial charge in [0.1, 0.15) is 6.04 Å². The minimum atomic E-state index is -0.309. The fraction of sp³-hybridized carbons (Fsp3) is 0.357. The number of aromatic nitrogens is 3. The lowest BCUT2D eigenvalue weighted by Gasteiger charge is -2.12. The van der Waals surface area contributed by atoms with Crippen molar-refractivity contribution in [1.29, 1.82) is 0 Å². The molecule has 0 bridgehead atoms. The first-order chi connectivity index (χ1) is 9.06. The Hall–Kier alpha value is -2.17. The highest BCUT2D eigenvalue weighted by atomic mass is 16.2. The predicted molar refractivity (Wildman–Crippen MR) is 72.5 cm³/mol. The molecule has 1 atom stereocenters. The molecule has 0 radical (unpaired) electrons. The molecule has 2 heterocycles. The molecule has 0 fully saturated rings. The molecular formula is C14H18N4O. The van der Waals surface area contributed by atoms with Gasteiger partial charge in [-0.15, -0.1) is 0 Å². The highest BCUT2D eigenvalue weighted by Gasteiger charge is 2.14. The van der Waals surface area contributed by atoms with Crippen LogP contribution in [0.2, 0.25) is 0 Å². The van der Waals surface area contributed by atoms with Crippen molar-refractivity contribution >= 4 is 5.91 Å². The number of carbonyl (C=O) groups excluding carboxylic acids is 1. The molecule has 2 aromatic heterocycles. The number of nitrogens with one attached hydrogen (secondary N) is 1. The van der Waals surface area contributed by atoms with E-state index in [1.807, 2.05) is 39.1 Å². The Balaban J connectivity index is 1.94. The molecule has 0 aliphatic heterocycles. The van der Waals surface area contributed by atoms with Crippen molar-refractivity contribution in [3.63, 3.8) is 0 Å². The molecule has 19 heavy (non-hydrogen) atoms. The monoisotopic (exact) mass is 258 g/mol. The van der Waals surface area contributed by atoms with Crippen molar-refractivity contribution in [3.8, 4) is 0 Å². The molecular weight excluding hydrogens is 240 g/mol. The second kappa shape index (κ2) is 5.65. The molecule has 1 amide bonds. The second-order valence-corrected chi connectivity index (χ2v) is 4.70. The van der Waals surface area contributed by atoms with Gasteiger partial charge in [0, 0.05) is 24.6 Å². The van der Waals surface area contributed by atoms with Crippen LogP contribution in [0.5, 0.6) is 0 Å². The highest BCUT2D eigenvalue weighted by molar-refractivity contribution is 5.79. The first-order valence-electron chi connectivity index (χ1n) is 6.26. The van der Waals surface area contributed by atoms with E-state index < -0.39 is 0 Å². The molecule has 0 aliphatic carbocycles. The van der Waals surface area contributed by atoms with Crippen LogP contribution < -0.4 is 5.32 Å². The number of pyridine rings is 1. The maximum absolute atomic E-state index is 12.0. The van der Waals surface area contributed by atoms with Gasteiger partial charge in [0.25, 0.3) is 0 Å². The maximum Gasteiger partial charge on any atom is 0.244 e. The Morgan fingerprint density at radius 1 is 1.47 bits per heavy atom. The van der Waals surface area contributed by atoms with Crippen molar-refractivity contribution < 1.29 is 4.79 Å². The van der Waals surface area contributed by atoms with Crippen LogP contribution in [0.25, 0.3) is 0 Å². The first-order valence-corrected chi connectivity index (χ1v) is 6.26. The average Bonchev–Trinajstić information content (AvgIpc) is 2.82. The van der Waals surface area contributed by atoms with E-state index in [0.29, 0.717) is 6.54 Å². The van der Waals surface area contributed by atoms with E-state index in [1.54, 1.807) is 17.1 Å². The van der Waals surface area contributed by atoms with Crippen molar-refractivity contribution in [2.75, 3.05) is 0 Å². The predicted octanol–water partition coefficient (Wildman–Crippen LogP) is 1.77. The Kier molecular flexibility index (Phi) is 3.94. The molecule has 0 aliphatic rings. The van der Waals surface area contributed by atoms with Crippen LogP contribution in [0.15, 0.2) is 30.7 Å². The number of amides is 1. The van der Waals surface area contributed by atoms with Gasteiger partial charge >= 0.3 is 0 Å². The van der Waals surface area contributed by atoms with Crippen LogP contribution >= 0.6 is 0 Å². The van der Waals surface area contributed by atoms with Crippen molar-refractivity contribution in [2.45, 2.75) is 33.4 Å². The standard InChI is InChI=1S/C14H18N4O/c1-10-7-17-18(9-10)12(3)14(19)16-8-13-4-5-15-11(2)6-13/h4-7,9,12H,8H2,1-3H3,(H,16,19). The SMILES string of the molecule is Cc1cnn(C(C)C(=O)NCc2ccnc(C)c2)c1. The van der Waals surface area contributed by atoms with Crippen LogP contribution in [0.4, 0.5) is 0 Å². The summed E-state index contributed by atoms with van der Waals surface area (Å²) in [6.45, 7) is 6.22. The second-order valence-electron chi connectivity index (χ2n) is 4.70. The summed E-state index contributed by atoms with van der Waals surface area (Å²) in [6.07, 6.45) is 5.36. The van der Waals surface area contributed by atoms with Gasteiger partial charge < -0.3 is 5.32 Å². The summed E-state index contributed by atoms with van der Waals surface area (Å²) in [5.74, 6) is -0.0439. The molecule has 1 N–H and O–H groups in total. The number of carbonyl (C=O) groups is 1. The molecule has 2 aromatic rings. The van der Waals surface area contributed by atoms with E-state index in [4.69, 9.17) is 0 Å². The van der Waals surface area contributed by atoms with Crippen LogP contribution in [0, 0.1) is 13.8 Å². The van der Waals surface area contributed by atoms with E-state index in [0.717, 1.165) is 16.8 Å². The van der Waals surface area contributed by atoms with Crippen LogP contribution in [0.3, 0.4) is 0 Å². The number of aryl methyl sites for hydroxylation is 2. The van der Waals surface area contributed by atoms with Crippen LogP contribution in [0.1, 0.15) is 29.8 Å². The molecule has 1 unspecified atom stereocenters. The van der Waals surface area contributed by atoms with E-state index in [-0.39, 0.29) is 11.9 Å². The molecule has 0 spiro atoms. The lowest BCUT2D eigenvalue weighted by atomic mass is 10.2. The quantitative estimate of drug-likeness (QED) is 0.909. The minimum absolute atomic E-state index is 0.0439. The molecule has 0 saturated heterocycles. The third-order valence-corrected chi connectivity index (χ3v) is 2.93. The summed E-state index contributed by atoms with van der Waals surface area (Å²) in [4.78, 5) is 16.1. The molecule has 5 nitrogen and oxygen atoms in total. The van der Waals surface area contributed by atoms with E-state index >= 15 is 0 Å². The number of nitrogens with zero attached hydrogens (tertiary/aromatic N) is 3. The van der Waals surface area contributed by atoms with Gasteiger partial charge in [-0.3, -0.25) is 14.5 Å². The fourth-order valence-corrected chi connectivity index (χ4v) is 1.82. The summed E-state index contributed by atoms with van der Waals surface area (Å²) in [7, 11) is 0. The van der Waals surface area contributed by atoms with Crippen molar-refractivity contribution in [1.82, 2.24) is 20.1 Å². The van der Waals surface area contributed by atoms with Crippen LogP contribution in [-0.4, -0.2) is 20.7 Å². The van der Waals surface area contributed by atoms with Gasteiger partial charge in [0.05, 0.1) is 6.20 Å². The van der Waals surface area contributed by atoms with Gasteiger partial charge in [-0.2, -0.15) is 5.10 Å². The Labute approximate surface area is 112 Å². The third kappa shape index (κ3) is 3.40. The zero-order valence-electron chi connectivity index (χ0n) is 11.4. The third-order valence-electron chi connectivity index (χ3n) is 2.93. The van der Waals surface area contributed by atoms with Gasteiger partial charge in [-0.05, 0) is 44.0 Å². The summed E-state index contributed by atoms with van der Waals surface area (Å²) < 4.78 is 1.67. The number of rotatable bonds is 4. The normalized spacial score (nSPS) is 12.2. The topological polar surface area (TPSA) is 59.8 Å². The molecule has 2 rings (SSSR count). The lowest BCUT2D eigenvalue weighted by Crippen LogP contribution is -2.30. The zero-order chi connectivity index (χ0) is 13.8. The minimum Gasteiger partial charge on any atom is -0.350 e. The molecule has 0 saturated carbocycles. The van der Waals surface area contributed by atoms with Crippen molar-refractivity contribution in [3.05, 3.63) is 47.5 Å². The fourth-order valence-electron chi connectivity index (χ4n) is 1.82. The van der Waals surface area contributed by atoms with Crippen LogP contribution in [-0.2, 0) is 11.3 Å². The number of hydrogen-bond acceptors (Lipinski definition) is 3. The highest BCUT2D eigenvalue weighted by Crippen LogP contribution is 2.07. The van der Waals surface area contributed by atoms with Gasteiger partial charge in [0.2, 0.25) is 5.91 Å². The van der Waals surface area contributed by atoms with Gasteiger partial charge in [-0.1, -0.05) is 0 Å². The van der Waals surface area contributed by atoms with E-state index in [9.17, 15) is 4.79 Å². The van der Waals surface area contributed by atoms with E-state index in [1.165, 1.54) is 0 Å². The zero-order valence-corrected chi connectivity index (χ0v) is 11.4. The van der Waals surface area contributed by atoms with Gasteiger partial charge in [-0.25, -0.2) is 0 Å². The first kappa shape index (κ1) is 13.3.